The highest BCUT2D eigenvalue weighted by atomic mass is 16.4. The summed E-state index contributed by atoms with van der Waals surface area (Å²) in [4.78, 5) is 32.5. The van der Waals surface area contributed by atoms with Crippen LogP contribution in [-0.4, -0.2) is 22.6 Å². The lowest BCUT2D eigenvalue weighted by molar-refractivity contribution is -0.139. The molecular formula is C10H8O4. The van der Waals surface area contributed by atoms with E-state index < -0.39 is 24.0 Å². The monoisotopic (exact) mass is 192 g/mol. The molecule has 0 aliphatic rings. The standard InChI is InChI=1S/C10H8O4/c11-8(6-9(12)13)10(14)7-4-2-1-3-5-7/h1-5H,6H2,(H,12,13). The summed E-state index contributed by atoms with van der Waals surface area (Å²) < 4.78 is 0. The fourth-order valence-corrected chi connectivity index (χ4v) is 0.968. The van der Waals surface area contributed by atoms with Crippen LogP contribution in [-0.2, 0) is 9.59 Å². The number of hydrogen-bond acceptors (Lipinski definition) is 3. The summed E-state index contributed by atoms with van der Waals surface area (Å²) in [6, 6.07) is 7.88. The van der Waals surface area contributed by atoms with Crippen molar-refractivity contribution >= 4 is 17.5 Å². The maximum Gasteiger partial charge on any atom is 0.311 e. The summed E-state index contributed by atoms with van der Waals surface area (Å²) in [6.07, 6.45) is -0.756. The van der Waals surface area contributed by atoms with Crippen molar-refractivity contribution in [3.8, 4) is 0 Å². The van der Waals surface area contributed by atoms with Gasteiger partial charge in [0.25, 0.3) is 0 Å². The summed E-state index contributed by atoms with van der Waals surface area (Å²) in [5.41, 5.74) is 0.221. The Balaban J connectivity index is 2.76. The van der Waals surface area contributed by atoms with E-state index in [0.29, 0.717) is 0 Å². The van der Waals surface area contributed by atoms with Gasteiger partial charge in [0.15, 0.2) is 0 Å². The summed E-state index contributed by atoms with van der Waals surface area (Å²) in [7, 11) is 0. The van der Waals surface area contributed by atoms with E-state index in [-0.39, 0.29) is 5.56 Å². The molecule has 1 aromatic carbocycles. The van der Waals surface area contributed by atoms with Crippen LogP contribution in [0.4, 0.5) is 0 Å². The topological polar surface area (TPSA) is 71.4 Å². The Labute approximate surface area is 80.2 Å². The molecule has 1 rings (SSSR count). The van der Waals surface area contributed by atoms with Gasteiger partial charge in [0, 0.05) is 5.56 Å². The molecule has 72 valence electrons. The molecule has 0 aliphatic carbocycles. The first-order valence-corrected chi connectivity index (χ1v) is 3.95. The molecule has 0 fully saturated rings. The lowest BCUT2D eigenvalue weighted by Crippen LogP contribution is -2.17. The van der Waals surface area contributed by atoms with Crippen LogP contribution in [0.25, 0.3) is 0 Å². The molecule has 1 aromatic rings. The van der Waals surface area contributed by atoms with E-state index in [1.807, 2.05) is 0 Å². The molecule has 0 amide bonds. The maximum atomic E-state index is 11.3. The van der Waals surface area contributed by atoms with Gasteiger partial charge in [-0.05, 0) is 0 Å². The molecule has 0 saturated carbocycles. The average molecular weight is 192 g/mol. The number of hydrogen-bond donors (Lipinski definition) is 1. The van der Waals surface area contributed by atoms with Gasteiger partial charge in [0.1, 0.15) is 6.42 Å². The zero-order chi connectivity index (χ0) is 10.6. The average Bonchev–Trinajstić information content (AvgIpc) is 2.17. The Bertz CT molecular complexity index is 367. The van der Waals surface area contributed by atoms with Gasteiger partial charge in [-0.15, -0.1) is 0 Å². The fourth-order valence-electron chi connectivity index (χ4n) is 0.968. The lowest BCUT2D eigenvalue weighted by Gasteiger charge is -1.96. The second-order valence-electron chi connectivity index (χ2n) is 2.69. The summed E-state index contributed by atoms with van der Waals surface area (Å²) in [5.74, 6) is -2.95. The molecule has 4 nitrogen and oxygen atoms in total. The predicted molar refractivity (Wildman–Crippen MR) is 48.0 cm³/mol. The number of aliphatic carboxylic acids is 1. The first-order valence-electron chi connectivity index (χ1n) is 3.95. The minimum absolute atomic E-state index is 0.221. The van der Waals surface area contributed by atoms with E-state index >= 15 is 0 Å². The molecule has 0 heterocycles. The van der Waals surface area contributed by atoms with Gasteiger partial charge >= 0.3 is 5.97 Å². The smallest absolute Gasteiger partial charge is 0.311 e. The van der Waals surface area contributed by atoms with Crippen LogP contribution in [0.1, 0.15) is 16.8 Å². The zero-order valence-corrected chi connectivity index (χ0v) is 7.27. The van der Waals surface area contributed by atoms with Crippen molar-refractivity contribution in [3.05, 3.63) is 35.9 Å². The van der Waals surface area contributed by atoms with Crippen LogP contribution >= 0.6 is 0 Å². The molecule has 0 radical (unpaired) electrons. The third kappa shape index (κ3) is 2.52. The highest BCUT2D eigenvalue weighted by molar-refractivity contribution is 6.45. The summed E-state index contributed by atoms with van der Waals surface area (Å²) in [6.45, 7) is 0. The van der Waals surface area contributed by atoms with E-state index in [1.165, 1.54) is 12.1 Å². The van der Waals surface area contributed by atoms with Gasteiger partial charge in [-0.3, -0.25) is 14.4 Å². The maximum absolute atomic E-state index is 11.3. The lowest BCUT2D eigenvalue weighted by atomic mass is 10.1. The molecular weight excluding hydrogens is 184 g/mol. The van der Waals surface area contributed by atoms with Crippen molar-refractivity contribution in [3.63, 3.8) is 0 Å². The van der Waals surface area contributed by atoms with Crippen molar-refractivity contribution in [2.24, 2.45) is 0 Å². The van der Waals surface area contributed by atoms with E-state index in [2.05, 4.69) is 0 Å². The second kappa shape index (κ2) is 4.32. The first kappa shape index (κ1) is 10.1. The Morgan fingerprint density at radius 3 is 2.14 bits per heavy atom. The van der Waals surface area contributed by atoms with Gasteiger partial charge in [0.2, 0.25) is 11.6 Å². The van der Waals surface area contributed by atoms with Gasteiger partial charge in [-0.2, -0.15) is 0 Å². The van der Waals surface area contributed by atoms with Gasteiger partial charge in [0.05, 0.1) is 0 Å². The Morgan fingerprint density at radius 2 is 1.64 bits per heavy atom. The third-order valence-electron chi connectivity index (χ3n) is 1.60. The molecule has 0 aliphatic heterocycles. The van der Waals surface area contributed by atoms with Crippen LogP contribution in [0.5, 0.6) is 0 Å². The van der Waals surface area contributed by atoms with Crippen LogP contribution in [0.2, 0.25) is 0 Å². The molecule has 0 saturated heterocycles. The van der Waals surface area contributed by atoms with E-state index in [1.54, 1.807) is 18.2 Å². The van der Waals surface area contributed by atoms with Crippen molar-refractivity contribution in [2.45, 2.75) is 6.42 Å². The third-order valence-corrected chi connectivity index (χ3v) is 1.60. The predicted octanol–water partition coefficient (Wildman–Crippen LogP) is 0.913. The molecule has 0 aromatic heterocycles. The van der Waals surface area contributed by atoms with E-state index in [4.69, 9.17) is 5.11 Å². The SMILES string of the molecule is O=C(O)CC(=O)C(=O)c1ccccc1. The number of carboxylic acids is 1. The first-order chi connectivity index (χ1) is 6.61. The minimum Gasteiger partial charge on any atom is -0.481 e. The van der Waals surface area contributed by atoms with Gasteiger partial charge < -0.3 is 5.11 Å². The van der Waals surface area contributed by atoms with E-state index in [9.17, 15) is 14.4 Å². The molecule has 0 atom stereocenters. The van der Waals surface area contributed by atoms with Crippen molar-refractivity contribution in [1.82, 2.24) is 0 Å². The van der Waals surface area contributed by atoms with Crippen LogP contribution in [0, 0.1) is 0 Å². The van der Waals surface area contributed by atoms with Crippen molar-refractivity contribution < 1.29 is 19.5 Å². The van der Waals surface area contributed by atoms with E-state index in [0.717, 1.165) is 0 Å². The minimum atomic E-state index is -1.29. The normalized spacial score (nSPS) is 9.43. The molecule has 0 bridgehead atoms. The zero-order valence-electron chi connectivity index (χ0n) is 7.27. The molecule has 0 spiro atoms. The Morgan fingerprint density at radius 1 is 1.07 bits per heavy atom. The van der Waals surface area contributed by atoms with Crippen molar-refractivity contribution in [2.75, 3.05) is 0 Å². The molecule has 14 heavy (non-hydrogen) atoms. The number of carbonyl (C=O) groups is 3. The Kier molecular flexibility index (Phi) is 3.12. The Hall–Kier alpha value is -1.97. The molecule has 1 N–H and O–H groups in total. The highest BCUT2D eigenvalue weighted by Gasteiger charge is 2.18. The molecule has 4 heteroatoms. The van der Waals surface area contributed by atoms with Crippen molar-refractivity contribution in [1.29, 1.82) is 0 Å². The number of benzene rings is 1. The number of carbonyl (C=O) groups excluding carboxylic acids is 2. The summed E-state index contributed by atoms with van der Waals surface area (Å²) in [5, 5.41) is 8.31. The quantitative estimate of drug-likeness (QED) is 0.437. The van der Waals surface area contributed by atoms with Gasteiger partial charge in [-0.1, -0.05) is 30.3 Å². The number of Topliss-reactive ketones (excluding diaryl/α,β-unsaturated/α-hetero) is 2. The van der Waals surface area contributed by atoms with Crippen LogP contribution in [0.3, 0.4) is 0 Å². The molecule has 0 unspecified atom stereocenters. The second-order valence-corrected chi connectivity index (χ2v) is 2.69. The summed E-state index contributed by atoms with van der Waals surface area (Å²) >= 11 is 0. The highest BCUT2D eigenvalue weighted by Crippen LogP contribution is 2.02. The number of rotatable bonds is 4. The largest absolute Gasteiger partial charge is 0.481 e. The number of carboxylic acid groups (broad SMARTS) is 1. The number of ketones is 2. The fraction of sp³-hybridized carbons (Fsp3) is 0.100. The van der Waals surface area contributed by atoms with Gasteiger partial charge in [-0.25, -0.2) is 0 Å². The van der Waals surface area contributed by atoms with Crippen LogP contribution in [0.15, 0.2) is 30.3 Å². The van der Waals surface area contributed by atoms with Crippen LogP contribution < -0.4 is 0 Å².